The molecular formula is C16H25ClN4O2S. The Morgan fingerprint density at radius 1 is 1.17 bits per heavy atom. The topological polar surface area (TPSA) is 90.0 Å². The summed E-state index contributed by atoms with van der Waals surface area (Å²) in [5.74, 6) is 0.452. The van der Waals surface area contributed by atoms with Gasteiger partial charge in [-0.25, -0.2) is 13.1 Å². The zero-order valence-electron chi connectivity index (χ0n) is 14.1. The molecule has 0 amide bonds. The van der Waals surface area contributed by atoms with Crippen molar-refractivity contribution in [2.45, 2.75) is 44.3 Å². The van der Waals surface area contributed by atoms with Gasteiger partial charge in [-0.05, 0) is 30.0 Å². The van der Waals surface area contributed by atoms with Crippen molar-refractivity contribution in [3.63, 3.8) is 0 Å². The maximum Gasteiger partial charge on any atom is 0.257 e. The van der Waals surface area contributed by atoms with Gasteiger partial charge in [0, 0.05) is 19.1 Å². The van der Waals surface area contributed by atoms with Crippen LogP contribution >= 0.6 is 12.4 Å². The molecule has 1 heterocycles. The van der Waals surface area contributed by atoms with Gasteiger partial charge in [0.05, 0.1) is 6.20 Å². The van der Waals surface area contributed by atoms with Crippen LogP contribution in [0.2, 0.25) is 0 Å². The highest BCUT2D eigenvalue weighted by Crippen LogP contribution is 2.18. The van der Waals surface area contributed by atoms with Crippen molar-refractivity contribution < 1.29 is 8.42 Å². The summed E-state index contributed by atoms with van der Waals surface area (Å²) in [6, 6.07) is 9.04. The lowest BCUT2D eigenvalue weighted by Crippen LogP contribution is -2.33. The molecule has 0 saturated heterocycles. The van der Waals surface area contributed by atoms with Crippen LogP contribution in [-0.2, 0) is 16.6 Å². The molecule has 0 saturated carbocycles. The molecule has 0 fully saturated rings. The smallest absolute Gasteiger partial charge is 0.257 e. The summed E-state index contributed by atoms with van der Waals surface area (Å²) >= 11 is 0. The Kier molecular flexibility index (Phi) is 7.41. The molecule has 8 heteroatoms. The summed E-state index contributed by atoms with van der Waals surface area (Å²) in [4.78, 5) is 0. The summed E-state index contributed by atoms with van der Waals surface area (Å²) in [6.45, 7) is 6.72. The van der Waals surface area contributed by atoms with Crippen molar-refractivity contribution >= 4 is 22.4 Å². The Morgan fingerprint density at radius 3 is 2.29 bits per heavy atom. The first-order valence-electron chi connectivity index (χ1n) is 7.72. The molecule has 24 heavy (non-hydrogen) atoms. The average molecular weight is 373 g/mol. The summed E-state index contributed by atoms with van der Waals surface area (Å²) in [6.07, 6.45) is 1.47. The summed E-state index contributed by atoms with van der Waals surface area (Å²) in [5, 5.41) is 4.13. The number of nitrogens with zero attached hydrogens (tertiary/aromatic N) is 2. The number of nitrogens with two attached hydrogens (primary N) is 1. The van der Waals surface area contributed by atoms with Crippen LogP contribution in [0.15, 0.2) is 41.6 Å². The molecular weight excluding hydrogens is 348 g/mol. The van der Waals surface area contributed by atoms with E-state index in [1.807, 2.05) is 31.2 Å². The Hall–Kier alpha value is -1.41. The summed E-state index contributed by atoms with van der Waals surface area (Å²) in [5.41, 5.74) is 8.24. The van der Waals surface area contributed by atoms with E-state index >= 15 is 0 Å². The quantitative estimate of drug-likeness (QED) is 0.780. The van der Waals surface area contributed by atoms with Gasteiger partial charge in [-0.15, -0.1) is 12.4 Å². The first kappa shape index (κ1) is 20.6. The van der Waals surface area contributed by atoms with E-state index in [0.29, 0.717) is 12.5 Å². The Labute approximate surface area is 149 Å². The lowest BCUT2D eigenvalue weighted by Gasteiger charge is -2.15. The fourth-order valence-corrected chi connectivity index (χ4v) is 3.55. The van der Waals surface area contributed by atoms with Gasteiger partial charge in [-0.1, -0.05) is 38.1 Å². The van der Waals surface area contributed by atoms with Crippen molar-refractivity contribution in [1.82, 2.24) is 14.5 Å². The third-order valence-corrected chi connectivity index (χ3v) is 5.22. The van der Waals surface area contributed by atoms with E-state index in [1.165, 1.54) is 22.5 Å². The molecule has 0 bridgehead atoms. The van der Waals surface area contributed by atoms with Crippen molar-refractivity contribution in [3.8, 4) is 0 Å². The van der Waals surface area contributed by atoms with Gasteiger partial charge < -0.3 is 5.73 Å². The second kappa shape index (κ2) is 8.62. The third kappa shape index (κ3) is 4.80. The highest BCUT2D eigenvalue weighted by molar-refractivity contribution is 7.89. The number of aryl methyl sites for hydroxylation is 1. The molecule has 0 spiro atoms. The number of halogens is 1. The molecule has 3 N–H and O–H groups in total. The van der Waals surface area contributed by atoms with Gasteiger partial charge in [0.1, 0.15) is 0 Å². The van der Waals surface area contributed by atoms with Crippen LogP contribution in [-0.4, -0.2) is 24.7 Å². The largest absolute Gasteiger partial charge is 0.323 e. The van der Waals surface area contributed by atoms with Crippen molar-refractivity contribution in [1.29, 1.82) is 0 Å². The molecule has 0 aliphatic rings. The van der Waals surface area contributed by atoms with E-state index in [4.69, 9.17) is 5.73 Å². The van der Waals surface area contributed by atoms with Gasteiger partial charge >= 0.3 is 0 Å². The highest BCUT2D eigenvalue weighted by atomic mass is 35.5. The Balaban J connectivity index is 0.00000288. The van der Waals surface area contributed by atoms with E-state index < -0.39 is 16.1 Å². The third-order valence-electron chi connectivity index (χ3n) is 3.78. The van der Waals surface area contributed by atoms with E-state index in [2.05, 4.69) is 23.7 Å². The Bertz CT molecular complexity index is 742. The molecule has 1 atom stereocenters. The monoisotopic (exact) mass is 372 g/mol. The molecule has 1 aromatic carbocycles. The predicted octanol–water partition coefficient (Wildman–Crippen LogP) is 2.43. The van der Waals surface area contributed by atoms with E-state index in [-0.39, 0.29) is 24.0 Å². The number of aromatic nitrogens is 2. The normalized spacial score (nSPS) is 12.9. The number of hydrogen-bond acceptors (Lipinski definition) is 4. The molecule has 1 unspecified atom stereocenters. The number of nitrogens with one attached hydrogen (secondary N) is 1. The number of rotatable bonds is 7. The molecule has 2 rings (SSSR count). The molecule has 134 valence electrons. The number of benzene rings is 1. The predicted molar refractivity (Wildman–Crippen MR) is 97.8 cm³/mol. The minimum absolute atomic E-state index is 0. The van der Waals surface area contributed by atoms with E-state index in [0.717, 1.165) is 5.56 Å². The van der Waals surface area contributed by atoms with Crippen LogP contribution < -0.4 is 10.5 Å². The first-order chi connectivity index (χ1) is 10.8. The molecule has 1 aromatic heterocycles. The average Bonchev–Trinajstić information content (AvgIpc) is 3.02. The van der Waals surface area contributed by atoms with Gasteiger partial charge in [-0.2, -0.15) is 5.10 Å². The summed E-state index contributed by atoms with van der Waals surface area (Å²) in [7, 11) is -3.61. The molecule has 0 aliphatic carbocycles. The minimum atomic E-state index is -3.61. The zero-order valence-corrected chi connectivity index (χ0v) is 15.8. The standard InChI is InChI=1S/C16H24N4O2S.ClH/c1-4-20-16(9-10-18-20)23(21,22)19-11-15(17)14-7-5-13(6-8-14)12(2)3;/h5-10,12,15,19H,4,11,17H2,1-3H3;1H. The van der Waals surface area contributed by atoms with Gasteiger partial charge in [0.15, 0.2) is 5.03 Å². The van der Waals surface area contributed by atoms with Crippen LogP contribution in [0.4, 0.5) is 0 Å². The summed E-state index contributed by atoms with van der Waals surface area (Å²) < 4.78 is 28.6. The first-order valence-corrected chi connectivity index (χ1v) is 9.20. The molecule has 0 aliphatic heterocycles. The second-order valence-electron chi connectivity index (χ2n) is 5.76. The van der Waals surface area contributed by atoms with Crippen LogP contribution in [0.3, 0.4) is 0 Å². The van der Waals surface area contributed by atoms with E-state index in [1.54, 1.807) is 0 Å². The van der Waals surface area contributed by atoms with Gasteiger partial charge in [-0.3, -0.25) is 4.68 Å². The van der Waals surface area contributed by atoms with Crippen LogP contribution in [0.25, 0.3) is 0 Å². The van der Waals surface area contributed by atoms with Gasteiger partial charge in [0.2, 0.25) is 0 Å². The molecule has 6 nitrogen and oxygen atoms in total. The highest BCUT2D eigenvalue weighted by Gasteiger charge is 2.20. The lowest BCUT2D eigenvalue weighted by molar-refractivity contribution is 0.538. The number of hydrogen-bond donors (Lipinski definition) is 2. The maximum atomic E-state index is 12.3. The maximum absolute atomic E-state index is 12.3. The number of sulfonamides is 1. The van der Waals surface area contributed by atoms with Crippen molar-refractivity contribution in [2.75, 3.05) is 6.54 Å². The molecule has 2 aromatic rings. The lowest BCUT2D eigenvalue weighted by atomic mass is 9.99. The Morgan fingerprint density at radius 2 is 1.75 bits per heavy atom. The molecule has 0 radical (unpaired) electrons. The van der Waals surface area contributed by atoms with Crippen LogP contribution in [0.1, 0.15) is 43.9 Å². The second-order valence-corrected chi connectivity index (χ2v) is 7.48. The SMILES string of the molecule is CCn1nccc1S(=O)(=O)NCC(N)c1ccc(C(C)C)cc1.Cl. The fraction of sp³-hybridized carbons (Fsp3) is 0.438. The van der Waals surface area contributed by atoms with Crippen molar-refractivity contribution in [3.05, 3.63) is 47.7 Å². The minimum Gasteiger partial charge on any atom is -0.323 e. The van der Waals surface area contributed by atoms with Crippen LogP contribution in [0.5, 0.6) is 0 Å². The van der Waals surface area contributed by atoms with Crippen LogP contribution in [0, 0.1) is 0 Å². The van der Waals surface area contributed by atoms with Gasteiger partial charge in [0.25, 0.3) is 10.0 Å². The van der Waals surface area contributed by atoms with Crippen molar-refractivity contribution in [2.24, 2.45) is 5.73 Å². The fourth-order valence-electron chi connectivity index (χ4n) is 2.31. The zero-order chi connectivity index (χ0) is 17.0. The van der Waals surface area contributed by atoms with E-state index in [9.17, 15) is 8.42 Å².